The summed E-state index contributed by atoms with van der Waals surface area (Å²) in [4.78, 5) is 30.0. The molecule has 1 heterocycles. The maximum Gasteiger partial charge on any atom is 0.232 e. The molecule has 3 aromatic rings. The number of amides is 1. The van der Waals surface area contributed by atoms with Crippen molar-refractivity contribution in [2.24, 2.45) is 5.41 Å². The van der Waals surface area contributed by atoms with E-state index in [0.29, 0.717) is 46.9 Å². The number of hydrogen-bond acceptors (Lipinski definition) is 6. The van der Waals surface area contributed by atoms with Crippen LogP contribution in [0.15, 0.2) is 78.0 Å². The van der Waals surface area contributed by atoms with Crippen LogP contribution in [-0.2, 0) is 16.0 Å². The van der Waals surface area contributed by atoms with Gasteiger partial charge in [-0.3, -0.25) is 14.5 Å². The zero-order valence-electron chi connectivity index (χ0n) is 23.0. The summed E-state index contributed by atoms with van der Waals surface area (Å²) in [6, 6.07) is 20.3. The number of fused-ring (bicyclic) bond motifs is 1. The predicted octanol–water partition coefficient (Wildman–Crippen LogP) is 6.10. The van der Waals surface area contributed by atoms with Crippen LogP contribution in [0.5, 0.6) is 17.2 Å². The van der Waals surface area contributed by atoms with E-state index in [1.165, 1.54) is 0 Å². The van der Waals surface area contributed by atoms with Gasteiger partial charge in [-0.05, 0) is 47.2 Å². The second kappa shape index (κ2) is 10.5. The number of allylic oxidation sites excluding steroid dienone is 1. The van der Waals surface area contributed by atoms with E-state index in [1.54, 1.807) is 26.2 Å². The van der Waals surface area contributed by atoms with Crippen molar-refractivity contribution in [1.82, 2.24) is 0 Å². The van der Waals surface area contributed by atoms with Crippen LogP contribution < -0.4 is 24.4 Å². The van der Waals surface area contributed by atoms with Gasteiger partial charge < -0.3 is 19.5 Å². The van der Waals surface area contributed by atoms with E-state index in [9.17, 15) is 9.59 Å². The van der Waals surface area contributed by atoms with Crippen molar-refractivity contribution < 1.29 is 23.8 Å². The van der Waals surface area contributed by atoms with E-state index in [2.05, 4.69) is 19.2 Å². The van der Waals surface area contributed by atoms with Gasteiger partial charge in [0.25, 0.3) is 0 Å². The number of Topliss-reactive ketones (excluding diaryl/α,β-unsaturated/α-hetero) is 1. The molecular formula is C32H34N2O5. The Morgan fingerprint density at radius 1 is 0.923 bits per heavy atom. The third-order valence-corrected chi connectivity index (χ3v) is 7.37. The fraction of sp³-hybridized carbons (Fsp3) is 0.312. The summed E-state index contributed by atoms with van der Waals surface area (Å²) in [6.45, 7) is 4.19. The second-order valence-corrected chi connectivity index (χ2v) is 10.8. The first kappa shape index (κ1) is 26.4. The summed E-state index contributed by atoms with van der Waals surface area (Å²) in [5.74, 6) is 1.25. The van der Waals surface area contributed by atoms with Gasteiger partial charge in [0.15, 0.2) is 17.3 Å². The quantitative estimate of drug-likeness (QED) is 0.418. The number of nitrogens with zero attached hydrogens (tertiary/aromatic N) is 1. The molecule has 0 fully saturated rings. The minimum absolute atomic E-state index is 0.0119. The topological polar surface area (TPSA) is 77.1 Å². The first-order valence-electron chi connectivity index (χ1n) is 13.0. The van der Waals surface area contributed by atoms with Gasteiger partial charge in [-0.1, -0.05) is 56.3 Å². The number of ketones is 1. The van der Waals surface area contributed by atoms with Crippen LogP contribution in [0.1, 0.15) is 43.9 Å². The van der Waals surface area contributed by atoms with Gasteiger partial charge in [-0.15, -0.1) is 0 Å². The molecule has 5 rings (SSSR count). The smallest absolute Gasteiger partial charge is 0.232 e. The van der Waals surface area contributed by atoms with E-state index < -0.39 is 6.04 Å². The highest BCUT2D eigenvalue weighted by molar-refractivity contribution is 6.06. The monoisotopic (exact) mass is 526 g/mol. The third-order valence-electron chi connectivity index (χ3n) is 7.37. The van der Waals surface area contributed by atoms with E-state index in [0.717, 1.165) is 16.9 Å². The summed E-state index contributed by atoms with van der Waals surface area (Å²) in [7, 11) is 4.67. The van der Waals surface area contributed by atoms with Crippen LogP contribution in [0.2, 0.25) is 0 Å². The summed E-state index contributed by atoms with van der Waals surface area (Å²) in [6.07, 6.45) is 1.23. The lowest BCUT2D eigenvalue weighted by atomic mass is 9.73. The number of methoxy groups -OCH3 is 3. The van der Waals surface area contributed by atoms with Gasteiger partial charge in [0, 0.05) is 17.7 Å². The number of carbonyl (C=O) groups excluding carboxylic acids is 2. The normalized spacial score (nSPS) is 17.9. The Morgan fingerprint density at radius 2 is 1.56 bits per heavy atom. The molecule has 1 atom stereocenters. The van der Waals surface area contributed by atoms with Gasteiger partial charge in [0.1, 0.15) is 0 Å². The summed E-state index contributed by atoms with van der Waals surface area (Å²) in [5.41, 5.74) is 4.28. The average molecular weight is 527 g/mol. The summed E-state index contributed by atoms with van der Waals surface area (Å²) < 4.78 is 16.9. The molecule has 1 amide bonds. The first-order chi connectivity index (χ1) is 18.8. The molecule has 0 bridgehead atoms. The van der Waals surface area contributed by atoms with Gasteiger partial charge in [0.2, 0.25) is 11.7 Å². The zero-order valence-corrected chi connectivity index (χ0v) is 23.0. The van der Waals surface area contributed by atoms with Crippen molar-refractivity contribution in [2.75, 3.05) is 31.5 Å². The van der Waals surface area contributed by atoms with Gasteiger partial charge >= 0.3 is 0 Å². The molecule has 0 saturated heterocycles. The van der Waals surface area contributed by atoms with Crippen LogP contribution in [0.25, 0.3) is 0 Å². The fourth-order valence-corrected chi connectivity index (χ4v) is 5.69. The van der Waals surface area contributed by atoms with Crippen molar-refractivity contribution >= 4 is 23.1 Å². The van der Waals surface area contributed by atoms with E-state index >= 15 is 0 Å². The minimum Gasteiger partial charge on any atom is -0.493 e. The van der Waals surface area contributed by atoms with Crippen molar-refractivity contribution in [2.45, 2.75) is 39.2 Å². The number of hydrogen-bond donors (Lipinski definition) is 1. The molecule has 0 spiro atoms. The Labute approximate surface area is 229 Å². The fourth-order valence-electron chi connectivity index (χ4n) is 5.69. The van der Waals surface area contributed by atoms with Crippen LogP contribution in [0, 0.1) is 5.41 Å². The molecule has 2 aliphatic rings. The highest BCUT2D eigenvalue weighted by Crippen LogP contribution is 2.50. The molecule has 3 aromatic carbocycles. The van der Waals surface area contributed by atoms with Crippen molar-refractivity contribution in [3.8, 4) is 17.2 Å². The minimum atomic E-state index is -0.704. The summed E-state index contributed by atoms with van der Waals surface area (Å²) in [5, 5.41) is 3.55. The Kier molecular flexibility index (Phi) is 7.08. The summed E-state index contributed by atoms with van der Waals surface area (Å²) >= 11 is 0. The lowest BCUT2D eigenvalue weighted by molar-refractivity contribution is -0.119. The van der Waals surface area contributed by atoms with E-state index in [4.69, 9.17) is 14.2 Å². The molecule has 1 N–H and O–H groups in total. The Bertz CT molecular complexity index is 1420. The van der Waals surface area contributed by atoms with Crippen LogP contribution >= 0.6 is 0 Å². The number of para-hydroxylation sites is 2. The highest BCUT2D eigenvalue weighted by atomic mass is 16.5. The highest BCUT2D eigenvalue weighted by Gasteiger charge is 2.43. The molecule has 7 nitrogen and oxygen atoms in total. The lowest BCUT2D eigenvalue weighted by Crippen LogP contribution is -2.40. The Morgan fingerprint density at radius 3 is 2.21 bits per heavy atom. The number of ether oxygens (including phenoxy) is 3. The van der Waals surface area contributed by atoms with Crippen LogP contribution in [-0.4, -0.2) is 33.0 Å². The average Bonchev–Trinajstić information content (AvgIpc) is 3.06. The van der Waals surface area contributed by atoms with Crippen LogP contribution in [0.3, 0.4) is 0 Å². The molecule has 7 heteroatoms. The molecule has 0 aromatic heterocycles. The Balaban J connectivity index is 1.78. The SMILES string of the molecule is COc1cc([C@H]2C3=C(CC(C)(C)CC3=O)Nc3ccccc3N2C(=O)Cc2ccccc2)cc(OC)c1OC. The Hall–Kier alpha value is -4.26. The largest absolute Gasteiger partial charge is 0.493 e. The molecule has 39 heavy (non-hydrogen) atoms. The van der Waals surface area contributed by atoms with Gasteiger partial charge in [-0.25, -0.2) is 0 Å². The maximum atomic E-state index is 14.3. The molecule has 202 valence electrons. The van der Waals surface area contributed by atoms with Crippen molar-refractivity contribution in [3.05, 3.63) is 89.1 Å². The number of carbonyl (C=O) groups is 2. The number of nitrogens with one attached hydrogen (secondary N) is 1. The maximum absolute atomic E-state index is 14.3. The molecular weight excluding hydrogens is 492 g/mol. The lowest BCUT2D eigenvalue weighted by Gasteiger charge is -2.37. The molecule has 1 aliphatic heterocycles. The number of rotatable bonds is 6. The van der Waals surface area contributed by atoms with Gasteiger partial charge in [0.05, 0.1) is 45.2 Å². The molecule has 0 radical (unpaired) electrons. The van der Waals surface area contributed by atoms with Crippen LogP contribution in [0.4, 0.5) is 11.4 Å². The first-order valence-corrected chi connectivity index (χ1v) is 13.0. The molecule has 0 unspecified atom stereocenters. The number of anilines is 2. The standard InChI is InChI=1S/C32H34N2O5/c1-32(2)18-23-29(25(35)19-32)30(21-16-26(37-3)31(39-5)27(17-21)38-4)34(24-14-10-9-13-22(24)33-23)28(36)15-20-11-7-6-8-12-20/h6-14,16-17,30,33H,15,18-19H2,1-5H3/t30-/m0/s1. The van der Waals surface area contributed by atoms with Crippen molar-refractivity contribution in [3.63, 3.8) is 0 Å². The van der Waals surface area contributed by atoms with Crippen molar-refractivity contribution in [1.29, 1.82) is 0 Å². The van der Waals surface area contributed by atoms with E-state index in [-0.39, 0.29) is 23.5 Å². The molecule has 0 saturated carbocycles. The number of benzene rings is 3. The second-order valence-electron chi connectivity index (χ2n) is 10.8. The third kappa shape index (κ3) is 4.97. The molecule has 1 aliphatic carbocycles. The van der Waals surface area contributed by atoms with Gasteiger partial charge in [-0.2, -0.15) is 0 Å². The predicted molar refractivity (Wildman–Crippen MR) is 152 cm³/mol. The zero-order chi connectivity index (χ0) is 27.7. The van der Waals surface area contributed by atoms with E-state index in [1.807, 2.05) is 66.7 Å².